The summed E-state index contributed by atoms with van der Waals surface area (Å²) < 4.78 is 0. The van der Waals surface area contributed by atoms with Crippen molar-refractivity contribution in [2.45, 2.75) is 12.3 Å². The maximum atomic E-state index is 2.49. The quantitative estimate of drug-likeness (QED) is 0.367. The Morgan fingerprint density at radius 3 is 1.55 bits per heavy atom. The highest BCUT2D eigenvalue weighted by Crippen LogP contribution is 2.50. The Balaban J connectivity index is 1.51. The first-order valence-corrected chi connectivity index (χ1v) is 12.5. The van der Waals surface area contributed by atoms with Gasteiger partial charge in [-0.2, -0.15) is 0 Å². The maximum Gasteiger partial charge on any atom is 0.154 e. The zero-order valence-corrected chi connectivity index (χ0v) is 18.3. The monoisotopic (exact) mass is 411 g/mol. The predicted octanol–water partition coefficient (Wildman–Crippen LogP) is 5.90. The Bertz CT molecular complexity index is 1200. The van der Waals surface area contributed by atoms with E-state index < -0.39 is 8.80 Å². The van der Waals surface area contributed by atoms with Gasteiger partial charge < -0.3 is 0 Å². The average molecular weight is 412 g/mol. The van der Waals surface area contributed by atoms with Crippen molar-refractivity contribution in [3.8, 4) is 11.1 Å². The molecular formula is C30H23Si. The van der Waals surface area contributed by atoms with Gasteiger partial charge in [0.1, 0.15) is 0 Å². The van der Waals surface area contributed by atoms with Gasteiger partial charge >= 0.3 is 0 Å². The lowest BCUT2D eigenvalue weighted by atomic mass is 9.89. The van der Waals surface area contributed by atoms with Gasteiger partial charge in [-0.25, -0.2) is 0 Å². The lowest BCUT2D eigenvalue weighted by Gasteiger charge is -2.25. The van der Waals surface area contributed by atoms with Gasteiger partial charge in [0.15, 0.2) is 8.80 Å². The lowest BCUT2D eigenvalue weighted by Crippen LogP contribution is -2.44. The van der Waals surface area contributed by atoms with Crippen molar-refractivity contribution < 1.29 is 0 Å². The maximum absolute atomic E-state index is 2.49. The van der Waals surface area contributed by atoms with Crippen LogP contribution >= 0.6 is 0 Å². The summed E-state index contributed by atoms with van der Waals surface area (Å²) in [7, 11) is -1.07. The van der Waals surface area contributed by atoms with E-state index in [0.717, 1.165) is 6.42 Å². The fourth-order valence-electron chi connectivity index (χ4n) is 5.23. The van der Waals surface area contributed by atoms with Crippen LogP contribution in [-0.2, 0) is 0 Å². The number of hydrogen-bond donors (Lipinski definition) is 0. The van der Waals surface area contributed by atoms with Crippen LogP contribution in [0.25, 0.3) is 11.1 Å². The molecule has 0 unspecified atom stereocenters. The second kappa shape index (κ2) is 7.68. The van der Waals surface area contributed by atoms with Gasteiger partial charge in [-0.05, 0) is 34.2 Å². The van der Waals surface area contributed by atoms with Crippen LogP contribution in [0.15, 0.2) is 132 Å². The van der Waals surface area contributed by atoms with E-state index in [1.807, 2.05) is 0 Å². The molecule has 0 atom stereocenters. The van der Waals surface area contributed by atoms with Crippen LogP contribution in [0, 0.1) is 0 Å². The molecule has 0 bridgehead atoms. The molecule has 0 heterocycles. The summed E-state index contributed by atoms with van der Waals surface area (Å²) in [4.78, 5) is 0. The van der Waals surface area contributed by atoms with Gasteiger partial charge in [0.05, 0.1) is 0 Å². The highest BCUT2D eigenvalue weighted by atomic mass is 28.3. The van der Waals surface area contributed by atoms with E-state index in [1.54, 1.807) is 5.20 Å². The molecule has 0 fully saturated rings. The first kappa shape index (κ1) is 18.4. The summed E-state index contributed by atoms with van der Waals surface area (Å²) in [6.07, 6.45) is 6.00. The zero-order valence-electron chi connectivity index (χ0n) is 17.3. The Kier molecular flexibility index (Phi) is 4.55. The fraction of sp³-hybridized carbons (Fsp3) is 0.0667. The molecule has 1 radical (unpaired) electrons. The molecule has 0 aromatic heterocycles. The van der Waals surface area contributed by atoms with E-state index in [9.17, 15) is 0 Å². The molecule has 0 aliphatic heterocycles. The zero-order chi connectivity index (χ0) is 20.6. The number of hydrogen-bond acceptors (Lipinski definition) is 0. The Labute approximate surface area is 185 Å². The third-order valence-corrected chi connectivity index (χ3v) is 9.36. The molecule has 147 valence electrons. The lowest BCUT2D eigenvalue weighted by molar-refractivity contribution is 1.01. The van der Waals surface area contributed by atoms with E-state index >= 15 is 0 Å². The predicted molar refractivity (Wildman–Crippen MR) is 132 cm³/mol. The minimum absolute atomic E-state index is 0.327. The third-order valence-electron chi connectivity index (χ3n) is 6.51. The first-order valence-electron chi connectivity index (χ1n) is 11.0. The number of fused-ring (bicyclic) bond motifs is 3. The van der Waals surface area contributed by atoms with E-state index in [-0.39, 0.29) is 0 Å². The topological polar surface area (TPSA) is 0 Å². The van der Waals surface area contributed by atoms with Crippen LogP contribution in [-0.4, -0.2) is 8.80 Å². The molecule has 2 aliphatic rings. The van der Waals surface area contributed by atoms with Crippen molar-refractivity contribution >= 4 is 19.2 Å². The van der Waals surface area contributed by atoms with E-state index in [4.69, 9.17) is 0 Å². The van der Waals surface area contributed by atoms with Crippen molar-refractivity contribution in [2.24, 2.45) is 0 Å². The molecule has 0 nitrogen and oxygen atoms in total. The second-order valence-corrected chi connectivity index (χ2v) is 10.7. The van der Waals surface area contributed by atoms with Crippen molar-refractivity contribution in [2.75, 3.05) is 0 Å². The van der Waals surface area contributed by atoms with Crippen molar-refractivity contribution in [1.82, 2.24) is 0 Å². The Morgan fingerprint density at radius 1 is 0.516 bits per heavy atom. The smallest absolute Gasteiger partial charge is 0.0806 e. The molecule has 2 aliphatic carbocycles. The summed E-state index contributed by atoms with van der Waals surface area (Å²) in [6.45, 7) is 0. The molecule has 0 N–H and O–H groups in total. The molecular weight excluding hydrogens is 388 g/mol. The van der Waals surface area contributed by atoms with Crippen LogP contribution in [0.4, 0.5) is 0 Å². The summed E-state index contributed by atoms with van der Waals surface area (Å²) >= 11 is 0. The average Bonchev–Trinajstić information content (AvgIpc) is 3.43. The molecule has 0 saturated carbocycles. The van der Waals surface area contributed by atoms with Gasteiger partial charge in [-0.15, -0.1) is 0 Å². The Hall–Kier alpha value is -3.42. The van der Waals surface area contributed by atoms with Crippen LogP contribution in [0.3, 0.4) is 0 Å². The van der Waals surface area contributed by atoms with E-state index in [0.29, 0.717) is 5.92 Å². The number of rotatable bonds is 4. The molecule has 0 amide bonds. The van der Waals surface area contributed by atoms with E-state index in [2.05, 4.69) is 121 Å². The largest absolute Gasteiger partial charge is 0.154 e. The fourth-order valence-corrected chi connectivity index (χ4v) is 8.09. The van der Waals surface area contributed by atoms with Crippen LogP contribution < -0.4 is 10.4 Å². The third kappa shape index (κ3) is 3.05. The first-order chi connectivity index (χ1) is 15.4. The summed E-state index contributed by atoms with van der Waals surface area (Å²) in [5.74, 6) is 0.327. The number of benzene rings is 4. The van der Waals surface area contributed by atoms with Gasteiger partial charge in [0.25, 0.3) is 0 Å². The normalized spacial score (nSPS) is 14.9. The highest BCUT2D eigenvalue weighted by molar-refractivity contribution is 6.91. The van der Waals surface area contributed by atoms with Crippen LogP contribution in [0.2, 0.25) is 0 Å². The molecule has 31 heavy (non-hydrogen) atoms. The number of allylic oxidation sites excluding steroid dienone is 4. The van der Waals surface area contributed by atoms with Crippen molar-refractivity contribution in [1.29, 1.82) is 0 Å². The van der Waals surface area contributed by atoms with Gasteiger partial charge in [0.2, 0.25) is 0 Å². The summed E-state index contributed by atoms with van der Waals surface area (Å²) in [5, 5.41) is 4.47. The highest BCUT2D eigenvalue weighted by Gasteiger charge is 2.36. The van der Waals surface area contributed by atoms with Gasteiger partial charge in [-0.3, -0.25) is 0 Å². The molecule has 6 rings (SSSR count). The summed E-state index contributed by atoms with van der Waals surface area (Å²) in [6, 6.07) is 40.2. The molecule has 4 aromatic rings. The SMILES string of the molecule is C1=C(C2c3ccccc3-c3ccccc32)C([Si](c2ccccc2)c2ccccc2)=CC1. The molecule has 0 saturated heterocycles. The van der Waals surface area contributed by atoms with E-state index in [1.165, 1.54) is 38.2 Å². The second-order valence-electron chi connectivity index (χ2n) is 8.23. The van der Waals surface area contributed by atoms with Gasteiger partial charge in [0, 0.05) is 5.92 Å². The minimum atomic E-state index is -1.07. The van der Waals surface area contributed by atoms with Crippen molar-refractivity contribution in [3.05, 3.63) is 143 Å². The molecule has 0 spiro atoms. The Morgan fingerprint density at radius 2 is 1.00 bits per heavy atom. The van der Waals surface area contributed by atoms with Crippen molar-refractivity contribution in [3.63, 3.8) is 0 Å². The minimum Gasteiger partial charge on any atom is -0.0806 e. The van der Waals surface area contributed by atoms with Crippen LogP contribution in [0.5, 0.6) is 0 Å². The standard InChI is InChI=1S/C30H23Si/c1-3-12-22(13-4-1)31(23-14-5-2-6-15-23)29-21-11-20-28(29)30-26-18-9-7-16-24(26)25-17-8-10-19-27(25)30/h1-10,12-21,30H,11H2. The molecule has 1 heteroatoms. The molecule has 4 aromatic carbocycles. The van der Waals surface area contributed by atoms with Gasteiger partial charge in [-0.1, -0.05) is 137 Å². The summed E-state index contributed by atoms with van der Waals surface area (Å²) in [5.41, 5.74) is 7.20. The van der Waals surface area contributed by atoms with Crippen LogP contribution in [0.1, 0.15) is 23.5 Å².